The van der Waals surface area contributed by atoms with Gasteiger partial charge in [-0.25, -0.2) is 13.6 Å². The van der Waals surface area contributed by atoms with Gasteiger partial charge in [-0.3, -0.25) is 4.79 Å². The first-order valence-corrected chi connectivity index (χ1v) is 10.2. The Kier molecular flexibility index (Phi) is 6.65. The molecule has 4 rings (SSSR count). The van der Waals surface area contributed by atoms with Gasteiger partial charge < -0.3 is 18.6 Å². The number of hydrogen-bond donors (Lipinski definition) is 0. The van der Waals surface area contributed by atoms with Crippen LogP contribution in [0, 0.1) is 11.6 Å². The van der Waals surface area contributed by atoms with E-state index in [0.717, 1.165) is 31.4 Å². The smallest absolute Gasteiger partial charge is 0.453 e. The maximum absolute atomic E-state index is 13.8. The van der Waals surface area contributed by atoms with Crippen molar-refractivity contribution >= 4 is 16.9 Å². The molecule has 1 heterocycles. The number of alkyl halides is 3. The topological polar surface area (TPSA) is 75.0 Å². The Labute approximate surface area is 199 Å². The number of carbonyl (C=O) groups excluding carboxylic acids is 1. The Hall–Kier alpha value is -4.41. The SMILES string of the molecule is COC(=O)c1ccc(Oc2c(C(F)(F)F)oc3cc(OCc4c(F)cccc4F)ccc3c2=O)cc1. The predicted molar refractivity (Wildman–Crippen MR) is 116 cm³/mol. The van der Waals surface area contributed by atoms with E-state index in [1.165, 1.54) is 36.4 Å². The molecule has 3 aromatic carbocycles. The summed E-state index contributed by atoms with van der Waals surface area (Å²) < 4.78 is 88.9. The normalized spacial score (nSPS) is 11.4. The molecule has 0 amide bonds. The lowest BCUT2D eigenvalue weighted by atomic mass is 10.2. The fraction of sp³-hybridized carbons (Fsp3) is 0.120. The number of hydrogen-bond acceptors (Lipinski definition) is 6. The van der Waals surface area contributed by atoms with Gasteiger partial charge in [0, 0.05) is 6.07 Å². The summed E-state index contributed by atoms with van der Waals surface area (Å²) in [5.41, 5.74) is -1.86. The molecule has 0 aliphatic rings. The highest BCUT2D eigenvalue weighted by atomic mass is 19.4. The van der Waals surface area contributed by atoms with Gasteiger partial charge in [0.1, 0.15) is 35.3 Å². The maximum atomic E-state index is 13.8. The Morgan fingerprint density at radius 2 is 1.58 bits per heavy atom. The summed E-state index contributed by atoms with van der Waals surface area (Å²) in [5.74, 6) is -5.44. The van der Waals surface area contributed by atoms with Gasteiger partial charge in [0.25, 0.3) is 5.76 Å². The van der Waals surface area contributed by atoms with E-state index in [9.17, 15) is 31.5 Å². The molecule has 0 bridgehead atoms. The zero-order chi connectivity index (χ0) is 26.0. The first kappa shape index (κ1) is 24.7. The van der Waals surface area contributed by atoms with Crippen LogP contribution in [-0.2, 0) is 17.5 Å². The maximum Gasteiger partial charge on any atom is 0.453 e. The van der Waals surface area contributed by atoms with Gasteiger partial charge in [0.2, 0.25) is 11.2 Å². The fourth-order valence-corrected chi connectivity index (χ4v) is 3.25. The summed E-state index contributed by atoms with van der Waals surface area (Å²) in [6.45, 7) is -0.552. The van der Waals surface area contributed by atoms with Crippen molar-refractivity contribution in [2.75, 3.05) is 7.11 Å². The van der Waals surface area contributed by atoms with Crippen molar-refractivity contribution in [3.8, 4) is 17.2 Å². The second-order valence-electron chi connectivity index (χ2n) is 7.35. The molecule has 0 aliphatic carbocycles. The number of rotatable bonds is 6. The van der Waals surface area contributed by atoms with Crippen LogP contribution in [0.5, 0.6) is 17.2 Å². The lowest BCUT2D eigenvalue weighted by Gasteiger charge is -2.14. The van der Waals surface area contributed by atoms with Crippen molar-refractivity contribution in [2.45, 2.75) is 12.8 Å². The minimum Gasteiger partial charge on any atom is -0.489 e. The minimum atomic E-state index is -5.11. The highest BCUT2D eigenvalue weighted by Gasteiger charge is 2.40. The zero-order valence-electron chi connectivity index (χ0n) is 18.3. The van der Waals surface area contributed by atoms with Crippen molar-refractivity contribution in [3.63, 3.8) is 0 Å². The molecule has 0 spiro atoms. The summed E-state index contributed by atoms with van der Waals surface area (Å²) in [5, 5.41) is -0.256. The molecule has 4 aromatic rings. The van der Waals surface area contributed by atoms with E-state index in [2.05, 4.69) is 4.74 Å². The standard InChI is InChI=1S/C25H15F5O6/c1-33-24(32)13-5-7-14(8-6-13)35-22-21(31)16-10-9-15(11-20(16)36-23(22)25(28,29)30)34-12-17-18(26)3-2-4-19(17)27/h2-11H,12H2,1H3. The average Bonchev–Trinajstić information content (AvgIpc) is 2.84. The number of methoxy groups -OCH3 is 1. The molecule has 186 valence electrons. The third-order valence-electron chi connectivity index (χ3n) is 5.02. The molecule has 0 saturated carbocycles. The van der Waals surface area contributed by atoms with Crippen LogP contribution in [0.1, 0.15) is 21.7 Å². The van der Waals surface area contributed by atoms with Gasteiger partial charge in [-0.2, -0.15) is 13.2 Å². The third kappa shape index (κ3) is 4.99. The number of carbonyl (C=O) groups is 1. The van der Waals surface area contributed by atoms with Gasteiger partial charge in [0.05, 0.1) is 23.6 Å². The van der Waals surface area contributed by atoms with E-state index >= 15 is 0 Å². The summed E-state index contributed by atoms with van der Waals surface area (Å²) in [6.07, 6.45) is -5.11. The lowest BCUT2D eigenvalue weighted by molar-refractivity contribution is -0.154. The molecule has 36 heavy (non-hydrogen) atoms. The van der Waals surface area contributed by atoms with Crippen molar-refractivity contribution in [1.29, 1.82) is 0 Å². The highest BCUT2D eigenvalue weighted by molar-refractivity contribution is 5.89. The first-order valence-electron chi connectivity index (χ1n) is 10.2. The van der Waals surface area contributed by atoms with Crippen molar-refractivity contribution in [2.24, 2.45) is 0 Å². The molecule has 11 heteroatoms. The monoisotopic (exact) mass is 506 g/mol. The van der Waals surface area contributed by atoms with Gasteiger partial charge >= 0.3 is 12.1 Å². The molecule has 6 nitrogen and oxygen atoms in total. The molecule has 0 aliphatic heterocycles. The van der Waals surface area contributed by atoms with E-state index in [1.807, 2.05) is 0 Å². The molecular weight excluding hydrogens is 491 g/mol. The summed E-state index contributed by atoms with van der Waals surface area (Å²) in [6, 6.07) is 11.5. The Morgan fingerprint density at radius 3 is 2.19 bits per heavy atom. The van der Waals surface area contributed by atoms with Crippen LogP contribution in [0.4, 0.5) is 22.0 Å². The lowest BCUT2D eigenvalue weighted by Crippen LogP contribution is -2.15. The van der Waals surface area contributed by atoms with Gasteiger partial charge in [-0.1, -0.05) is 6.07 Å². The zero-order valence-corrected chi connectivity index (χ0v) is 18.3. The predicted octanol–water partition coefficient (Wildman–Crippen LogP) is 6.25. The summed E-state index contributed by atoms with van der Waals surface area (Å²) in [7, 11) is 1.16. The number of fused-ring (bicyclic) bond motifs is 1. The van der Waals surface area contributed by atoms with Crippen LogP contribution in [-0.4, -0.2) is 13.1 Å². The summed E-state index contributed by atoms with van der Waals surface area (Å²) in [4.78, 5) is 24.4. The Bertz CT molecular complexity index is 1470. The van der Waals surface area contributed by atoms with E-state index in [-0.39, 0.29) is 28.0 Å². The molecular formula is C25H15F5O6. The summed E-state index contributed by atoms with van der Waals surface area (Å²) >= 11 is 0. The number of benzene rings is 3. The van der Waals surface area contributed by atoms with Crippen LogP contribution in [0.2, 0.25) is 0 Å². The number of halogens is 5. The third-order valence-corrected chi connectivity index (χ3v) is 5.02. The van der Waals surface area contributed by atoms with E-state index < -0.39 is 52.9 Å². The Balaban J connectivity index is 1.70. The second-order valence-corrected chi connectivity index (χ2v) is 7.35. The fourth-order valence-electron chi connectivity index (χ4n) is 3.25. The molecule has 0 atom stereocenters. The van der Waals surface area contributed by atoms with Crippen molar-refractivity contribution < 1.29 is 45.4 Å². The van der Waals surface area contributed by atoms with Crippen LogP contribution in [0.25, 0.3) is 11.0 Å². The van der Waals surface area contributed by atoms with E-state index in [0.29, 0.717) is 0 Å². The second kappa shape index (κ2) is 9.68. The van der Waals surface area contributed by atoms with E-state index in [4.69, 9.17) is 13.9 Å². The Morgan fingerprint density at radius 1 is 0.944 bits per heavy atom. The van der Waals surface area contributed by atoms with Crippen molar-refractivity contribution in [1.82, 2.24) is 0 Å². The van der Waals surface area contributed by atoms with Crippen LogP contribution < -0.4 is 14.9 Å². The van der Waals surface area contributed by atoms with Crippen LogP contribution in [0.15, 0.2) is 69.9 Å². The number of esters is 1. The average molecular weight is 506 g/mol. The van der Waals surface area contributed by atoms with Crippen molar-refractivity contribution in [3.05, 3.63) is 99.4 Å². The number of ether oxygens (including phenoxy) is 3. The van der Waals surface area contributed by atoms with Crippen LogP contribution in [0.3, 0.4) is 0 Å². The highest BCUT2D eigenvalue weighted by Crippen LogP contribution is 2.38. The molecule has 0 unspecified atom stereocenters. The largest absolute Gasteiger partial charge is 0.489 e. The first-order chi connectivity index (χ1) is 17.1. The van der Waals surface area contributed by atoms with Gasteiger partial charge in [-0.15, -0.1) is 0 Å². The quantitative estimate of drug-likeness (QED) is 0.227. The van der Waals surface area contributed by atoms with Gasteiger partial charge in [-0.05, 0) is 48.5 Å². The molecule has 0 radical (unpaired) electrons. The van der Waals surface area contributed by atoms with Crippen LogP contribution >= 0.6 is 0 Å². The molecule has 0 fully saturated rings. The molecule has 0 N–H and O–H groups in total. The molecule has 1 aromatic heterocycles. The van der Waals surface area contributed by atoms with E-state index in [1.54, 1.807) is 0 Å². The van der Waals surface area contributed by atoms with Gasteiger partial charge in [0.15, 0.2) is 0 Å². The molecule has 0 saturated heterocycles. The minimum absolute atomic E-state index is 0.0894.